The number of aryl methyl sites for hydroxylation is 1. The first-order valence-electron chi connectivity index (χ1n) is 8.32. The van der Waals surface area contributed by atoms with Gasteiger partial charge in [0.15, 0.2) is 11.6 Å². The van der Waals surface area contributed by atoms with Crippen LogP contribution in [-0.4, -0.2) is 6.10 Å². The van der Waals surface area contributed by atoms with E-state index >= 15 is 0 Å². The van der Waals surface area contributed by atoms with E-state index in [9.17, 15) is 8.78 Å². The van der Waals surface area contributed by atoms with Gasteiger partial charge in [0.05, 0.1) is 0 Å². The lowest BCUT2D eigenvalue weighted by Crippen LogP contribution is -2.34. The largest absolute Gasteiger partial charge is 0.487 e. The Bertz CT molecular complexity index is 492. The molecule has 0 radical (unpaired) electrons. The van der Waals surface area contributed by atoms with E-state index in [1.165, 1.54) is 44.6 Å². The van der Waals surface area contributed by atoms with Crippen molar-refractivity contribution < 1.29 is 13.5 Å². The van der Waals surface area contributed by atoms with Crippen molar-refractivity contribution >= 4 is 0 Å². The van der Waals surface area contributed by atoms with E-state index in [2.05, 4.69) is 6.92 Å². The molecule has 1 aromatic rings. The molecule has 1 aliphatic carbocycles. The zero-order chi connectivity index (χ0) is 14.8. The predicted molar refractivity (Wildman–Crippen MR) is 79.5 cm³/mol. The third-order valence-electron chi connectivity index (χ3n) is 5.21. The van der Waals surface area contributed by atoms with E-state index in [0.717, 1.165) is 24.3 Å². The van der Waals surface area contributed by atoms with Crippen molar-refractivity contribution in [3.05, 3.63) is 29.3 Å². The Kier molecular flexibility index (Phi) is 4.46. The van der Waals surface area contributed by atoms with Crippen molar-refractivity contribution in [1.82, 2.24) is 0 Å². The zero-order valence-corrected chi connectivity index (χ0v) is 12.7. The molecule has 0 spiro atoms. The lowest BCUT2D eigenvalue weighted by Gasteiger charge is -2.36. The summed E-state index contributed by atoms with van der Waals surface area (Å²) in [6, 6.07) is 2.86. The van der Waals surface area contributed by atoms with Gasteiger partial charge < -0.3 is 4.74 Å². The van der Waals surface area contributed by atoms with Gasteiger partial charge in [0.2, 0.25) is 5.82 Å². The molecule has 0 amide bonds. The highest BCUT2D eigenvalue weighted by atomic mass is 19.2. The molecule has 0 saturated heterocycles. The van der Waals surface area contributed by atoms with Crippen LogP contribution in [0.1, 0.15) is 57.4 Å². The van der Waals surface area contributed by atoms with Crippen LogP contribution in [0, 0.1) is 23.5 Å². The zero-order valence-electron chi connectivity index (χ0n) is 12.7. The summed E-state index contributed by atoms with van der Waals surface area (Å²) in [5.74, 6) is -0.0786. The summed E-state index contributed by atoms with van der Waals surface area (Å²) in [6.07, 6.45) is 9.23. The molecule has 1 saturated carbocycles. The number of fused-ring (bicyclic) bond motifs is 1. The van der Waals surface area contributed by atoms with Gasteiger partial charge in [0.25, 0.3) is 0 Å². The molecule has 116 valence electrons. The van der Waals surface area contributed by atoms with Crippen LogP contribution in [0.25, 0.3) is 0 Å². The van der Waals surface area contributed by atoms with Gasteiger partial charge in [-0.05, 0) is 49.1 Å². The summed E-state index contributed by atoms with van der Waals surface area (Å²) in [6.45, 7) is 2.24. The average molecular weight is 294 g/mol. The van der Waals surface area contributed by atoms with Gasteiger partial charge in [0, 0.05) is 0 Å². The number of benzene rings is 1. The first kappa shape index (κ1) is 14.8. The van der Waals surface area contributed by atoms with Crippen LogP contribution in [-0.2, 0) is 6.42 Å². The Morgan fingerprint density at radius 2 is 1.86 bits per heavy atom. The minimum Gasteiger partial charge on any atom is -0.487 e. The molecule has 21 heavy (non-hydrogen) atoms. The van der Waals surface area contributed by atoms with Gasteiger partial charge in [0.1, 0.15) is 6.10 Å². The third-order valence-corrected chi connectivity index (χ3v) is 5.21. The summed E-state index contributed by atoms with van der Waals surface area (Å²) in [4.78, 5) is 0. The predicted octanol–water partition coefficient (Wildman–Crippen LogP) is 5.26. The second-order valence-electron chi connectivity index (χ2n) is 6.61. The maximum atomic E-state index is 13.9. The van der Waals surface area contributed by atoms with Gasteiger partial charge in [-0.2, -0.15) is 4.39 Å². The van der Waals surface area contributed by atoms with E-state index < -0.39 is 11.6 Å². The van der Waals surface area contributed by atoms with Crippen molar-refractivity contribution in [2.24, 2.45) is 11.8 Å². The molecule has 3 heteroatoms. The van der Waals surface area contributed by atoms with Crippen LogP contribution in [0.2, 0.25) is 0 Å². The van der Waals surface area contributed by atoms with Gasteiger partial charge in [-0.1, -0.05) is 38.7 Å². The maximum Gasteiger partial charge on any atom is 0.200 e. The summed E-state index contributed by atoms with van der Waals surface area (Å²) in [5, 5.41) is 0. The molecule has 0 aromatic heterocycles. The highest BCUT2D eigenvalue weighted by molar-refractivity contribution is 5.37. The van der Waals surface area contributed by atoms with Crippen LogP contribution >= 0.6 is 0 Å². The minimum absolute atomic E-state index is 0.0661. The molecule has 1 heterocycles. The number of hydrogen-bond acceptors (Lipinski definition) is 1. The fraction of sp³-hybridized carbons (Fsp3) is 0.667. The van der Waals surface area contributed by atoms with Crippen molar-refractivity contribution in [2.75, 3.05) is 0 Å². The topological polar surface area (TPSA) is 9.23 Å². The normalized spacial score (nSPS) is 28.8. The van der Waals surface area contributed by atoms with E-state index in [1.807, 2.05) is 0 Å². The SMILES string of the molecule is CCCC1CCC(C2CCc3ccc(F)c(F)c3O2)CC1. The molecular weight excluding hydrogens is 270 g/mol. The quantitative estimate of drug-likeness (QED) is 0.738. The highest BCUT2D eigenvalue weighted by Gasteiger charge is 2.32. The molecular formula is C18H24F2O. The average Bonchev–Trinajstić information content (AvgIpc) is 2.52. The van der Waals surface area contributed by atoms with Crippen LogP contribution < -0.4 is 4.74 Å². The fourth-order valence-electron chi connectivity index (χ4n) is 3.99. The molecule has 1 aromatic carbocycles. The van der Waals surface area contributed by atoms with E-state index in [1.54, 1.807) is 6.07 Å². The minimum atomic E-state index is -0.808. The van der Waals surface area contributed by atoms with Gasteiger partial charge in [-0.3, -0.25) is 0 Å². The van der Waals surface area contributed by atoms with Crippen LogP contribution in [0.4, 0.5) is 8.78 Å². The number of halogens is 2. The van der Waals surface area contributed by atoms with Gasteiger partial charge >= 0.3 is 0 Å². The molecule has 0 N–H and O–H groups in total. The molecule has 1 fully saturated rings. The summed E-state index contributed by atoms with van der Waals surface area (Å²) in [5.41, 5.74) is 0.810. The number of rotatable bonds is 3. The summed E-state index contributed by atoms with van der Waals surface area (Å²) >= 11 is 0. The van der Waals surface area contributed by atoms with E-state index in [4.69, 9.17) is 4.74 Å². The monoisotopic (exact) mass is 294 g/mol. The van der Waals surface area contributed by atoms with Crippen LogP contribution in [0.3, 0.4) is 0 Å². The van der Waals surface area contributed by atoms with Crippen molar-refractivity contribution in [2.45, 2.75) is 64.4 Å². The van der Waals surface area contributed by atoms with E-state index in [0.29, 0.717) is 5.92 Å². The second-order valence-corrected chi connectivity index (χ2v) is 6.61. The molecule has 1 aliphatic heterocycles. The first-order valence-corrected chi connectivity index (χ1v) is 8.32. The molecule has 1 nitrogen and oxygen atoms in total. The van der Waals surface area contributed by atoms with Crippen molar-refractivity contribution in [3.8, 4) is 5.75 Å². The Balaban J connectivity index is 1.65. The smallest absolute Gasteiger partial charge is 0.200 e. The molecule has 0 bridgehead atoms. The standard InChI is InChI=1S/C18H24F2O/c1-2-3-12-4-6-13(7-5-12)16-11-9-14-8-10-15(19)17(20)18(14)21-16/h8,10,12-13,16H,2-7,9,11H2,1H3. The van der Waals surface area contributed by atoms with E-state index in [-0.39, 0.29) is 11.9 Å². The van der Waals surface area contributed by atoms with Crippen LogP contribution in [0.5, 0.6) is 5.75 Å². The molecule has 1 unspecified atom stereocenters. The Hall–Kier alpha value is -1.12. The summed E-state index contributed by atoms with van der Waals surface area (Å²) < 4.78 is 33.1. The van der Waals surface area contributed by atoms with Crippen molar-refractivity contribution in [1.29, 1.82) is 0 Å². The Morgan fingerprint density at radius 1 is 1.10 bits per heavy atom. The first-order chi connectivity index (χ1) is 10.2. The van der Waals surface area contributed by atoms with Crippen LogP contribution in [0.15, 0.2) is 12.1 Å². The molecule has 3 rings (SSSR count). The maximum absolute atomic E-state index is 13.9. The fourth-order valence-corrected chi connectivity index (χ4v) is 3.99. The number of ether oxygens (including phenoxy) is 1. The van der Waals surface area contributed by atoms with Crippen molar-refractivity contribution in [3.63, 3.8) is 0 Å². The lowest BCUT2D eigenvalue weighted by atomic mass is 9.76. The summed E-state index contributed by atoms with van der Waals surface area (Å²) in [7, 11) is 0. The second kappa shape index (κ2) is 6.33. The Labute approximate surface area is 125 Å². The third kappa shape index (κ3) is 3.07. The Morgan fingerprint density at radius 3 is 2.57 bits per heavy atom. The number of hydrogen-bond donors (Lipinski definition) is 0. The molecule has 1 atom stereocenters. The van der Waals surface area contributed by atoms with Gasteiger partial charge in [-0.25, -0.2) is 4.39 Å². The molecule has 2 aliphatic rings. The van der Waals surface area contributed by atoms with Gasteiger partial charge in [-0.15, -0.1) is 0 Å². The lowest BCUT2D eigenvalue weighted by molar-refractivity contribution is 0.0710. The highest BCUT2D eigenvalue weighted by Crippen LogP contribution is 2.39.